The molecule has 0 aromatic heterocycles. The van der Waals surface area contributed by atoms with Crippen LogP contribution in [0.3, 0.4) is 0 Å². The molecule has 2 aromatic carbocycles. The van der Waals surface area contributed by atoms with E-state index in [-0.39, 0.29) is 22.5 Å². The van der Waals surface area contributed by atoms with Crippen molar-refractivity contribution in [1.29, 1.82) is 0 Å². The van der Waals surface area contributed by atoms with Gasteiger partial charge in [0.05, 0.1) is 0 Å². The fraction of sp³-hybridized carbons (Fsp3) is 0.200. The summed E-state index contributed by atoms with van der Waals surface area (Å²) in [6.07, 6.45) is 0. The van der Waals surface area contributed by atoms with Crippen LogP contribution in [0.2, 0.25) is 0 Å². The van der Waals surface area contributed by atoms with Crippen molar-refractivity contribution in [2.75, 3.05) is 0 Å². The predicted octanol–water partition coefficient (Wildman–Crippen LogP) is 4.73. The molecule has 2 aromatic rings. The van der Waals surface area contributed by atoms with Gasteiger partial charge in [-0.25, -0.2) is 4.39 Å². The quantitative estimate of drug-likeness (QED) is 0.632. The van der Waals surface area contributed by atoms with E-state index in [2.05, 4.69) is 5.32 Å². The van der Waals surface area contributed by atoms with Gasteiger partial charge in [-0.15, -0.1) is 0 Å². The van der Waals surface area contributed by atoms with Gasteiger partial charge >= 0.3 is 5.51 Å². The van der Waals surface area contributed by atoms with Crippen LogP contribution in [0.1, 0.15) is 11.1 Å². The van der Waals surface area contributed by atoms with Gasteiger partial charge in [-0.05, 0) is 35.5 Å². The second-order valence-corrected chi connectivity index (χ2v) is 5.53. The number of thioether (sulfide) groups is 1. The lowest BCUT2D eigenvalue weighted by atomic mass is 10.2. The lowest BCUT2D eigenvalue weighted by Gasteiger charge is -2.08. The van der Waals surface area contributed by atoms with E-state index in [1.807, 2.05) is 0 Å². The Hall–Kier alpha value is -1.53. The van der Waals surface area contributed by atoms with Crippen molar-refractivity contribution in [3.63, 3.8) is 0 Å². The third-order valence-electron chi connectivity index (χ3n) is 2.76. The summed E-state index contributed by atoms with van der Waals surface area (Å²) in [4.78, 5) is 0.153. The fourth-order valence-corrected chi connectivity index (χ4v) is 2.33. The van der Waals surface area contributed by atoms with Crippen LogP contribution in [0.15, 0.2) is 53.4 Å². The number of alkyl halides is 3. The first kappa shape index (κ1) is 15.9. The highest BCUT2D eigenvalue weighted by Crippen LogP contribution is 2.36. The third kappa shape index (κ3) is 5.40. The molecule has 0 aliphatic rings. The molecule has 0 aliphatic carbocycles. The molecule has 0 fully saturated rings. The molecule has 0 saturated heterocycles. The van der Waals surface area contributed by atoms with Gasteiger partial charge in [0.25, 0.3) is 0 Å². The number of halogens is 4. The molecule has 0 heterocycles. The summed E-state index contributed by atoms with van der Waals surface area (Å²) in [6.45, 7) is 0.830. The predicted molar refractivity (Wildman–Crippen MR) is 75.3 cm³/mol. The molecule has 0 saturated carbocycles. The molecule has 1 nitrogen and oxygen atoms in total. The molecule has 0 amide bonds. The van der Waals surface area contributed by atoms with E-state index in [0.29, 0.717) is 18.7 Å². The topological polar surface area (TPSA) is 12.0 Å². The zero-order valence-electron chi connectivity index (χ0n) is 11.0. The number of benzene rings is 2. The molecule has 0 radical (unpaired) electrons. The van der Waals surface area contributed by atoms with Crippen LogP contribution < -0.4 is 5.32 Å². The number of hydrogen-bond acceptors (Lipinski definition) is 2. The van der Waals surface area contributed by atoms with Crippen molar-refractivity contribution in [2.24, 2.45) is 0 Å². The third-order valence-corrected chi connectivity index (χ3v) is 3.50. The minimum Gasteiger partial charge on any atom is -0.309 e. The van der Waals surface area contributed by atoms with Crippen LogP contribution >= 0.6 is 11.8 Å². The summed E-state index contributed by atoms with van der Waals surface area (Å²) >= 11 is -0.138. The maximum atomic E-state index is 13.4. The van der Waals surface area contributed by atoms with Crippen LogP contribution in [0, 0.1) is 5.82 Å². The zero-order chi connectivity index (χ0) is 15.3. The van der Waals surface area contributed by atoms with Crippen LogP contribution in [-0.2, 0) is 13.1 Å². The van der Waals surface area contributed by atoms with Gasteiger partial charge in [0.1, 0.15) is 5.82 Å². The van der Waals surface area contributed by atoms with Gasteiger partial charge in [-0.1, -0.05) is 30.3 Å². The van der Waals surface area contributed by atoms with Gasteiger partial charge in [-0.2, -0.15) is 13.2 Å². The molecular weight excluding hydrogens is 302 g/mol. The largest absolute Gasteiger partial charge is 0.446 e. The summed E-state index contributed by atoms with van der Waals surface area (Å²) < 4.78 is 49.9. The Morgan fingerprint density at radius 1 is 0.905 bits per heavy atom. The Morgan fingerprint density at radius 2 is 1.57 bits per heavy atom. The molecule has 6 heteroatoms. The van der Waals surface area contributed by atoms with Crippen molar-refractivity contribution in [3.8, 4) is 0 Å². The van der Waals surface area contributed by atoms with E-state index in [1.165, 1.54) is 18.2 Å². The van der Waals surface area contributed by atoms with Crippen LogP contribution in [0.5, 0.6) is 0 Å². The van der Waals surface area contributed by atoms with Crippen molar-refractivity contribution >= 4 is 11.8 Å². The van der Waals surface area contributed by atoms with Gasteiger partial charge < -0.3 is 5.32 Å². The molecule has 21 heavy (non-hydrogen) atoms. The molecule has 0 atom stereocenters. The van der Waals surface area contributed by atoms with Gasteiger partial charge in [0.2, 0.25) is 0 Å². The minimum atomic E-state index is -4.27. The van der Waals surface area contributed by atoms with Gasteiger partial charge in [0.15, 0.2) is 0 Å². The van der Waals surface area contributed by atoms with Crippen molar-refractivity contribution < 1.29 is 17.6 Å². The highest BCUT2D eigenvalue weighted by Gasteiger charge is 2.28. The molecule has 1 N–H and O–H groups in total. The van der Waals surface area contributed by atoms with Crippen LogP contribution in [-0.4, -0.2) is 5.51 Å². The molecule has 2 rings (SSSR count). The average molecular weight is 315 g/mol. The Kier molecular flexibility index (Phi) is 5.25. The first-order valence-electron chi connectivity index (χ1n) is 6.23. The number of nitrogens with one attached hydrogen (secondary N) is 1. The fourth-order valence-electron chi connectivity index (χ4n) is 1.79. The van der Waals surface area contributed by atoms with E-state index < -0.39 is 5.51 Å². The maximum Gasteiger partial charge on any atom is 0.446 e. The molecule has 0 bridgehead atoms. The monoisotopic (exact) mass is 315 g/mol. The Morgan fingerprint density at radius 3 is 2.19 bits per heavy atom. The molecular formula is C15H13F4NS. The van der Waals surface area contributed by atoms with Gasteiger partial charge in [0, 0.05) is 23.5 Å². The molecule has 0 aliphatic heterocycles. The summed E-state index contributed by atoms with van der Waals surface area (Å²) in [6, 6.07) is 12.6. The van der Waals surface area contributed by atoms with E-state index in [4.69, 9.17) is 0 Å². The highest BCUT2D eigenvalue weighted by atomic mass is 32.2. The van der Waals surface area contributed by atoms with E-state index >= 15 is 0 Å². The first-order chi connectivity index (χ1) is 9.94. The van der Waals surface area contributed by atoms with E-state index in [0.717, 1.165) is 5.56 Å². The number of rotatable bonds is 5. The lowest BCUT2D eigenvalue weighted by molar-refractivity contribution is -0.0328. The zero-order valence-corrected chi connectivity index (χ0v) is 11.8. The van der Waals surface area contributed by atoms with E-state index in [1.54, 1.807) is 30.3 Å². The Balaban J connectivity index is 1.85. The summed E-state index contributed by atoms with van der Waals surface area (Å²) in [7, 11) is 0. The highest BCUT2D eigenvalue weighted by molar-refractivity contribution is 8.00. The maximum absolute atomic E-state index is 13.4. The van der Waals surface area contributed by atoms with Gasteiger partial charge in [-0.3, -0.25) is 0 Å². The summed E-state index contributed by atoms with van der Waals surface area (Å²) in [5.41, 5.74) is -2.87. The SMILES string of the molecule is Fc1ccccc1CNCc1ccc(SC(F)(F)F)cc1. The van der Waals surface area contributed by atoms with Crippen LogP contribution in [0.4, 0.5) is 17.6 Å². The second-order valence-electron chi connectivity index (χ2n) is 4.39. The van der Waals surface area contributed by atoms with Crippen molar-refractivity contribution in [1.82, 2.24) is 5.32 Å². The average Bonchev–Trinajstić information content (AvgIpc) is 2.41. The normalized spacial score (nSPS) is 11.6. The number of hydrogen-bond donors (Lipinski definition) is 1. The van der Waals surface area contributed by atoms with Crippen LogP contribution in [0.25, 0.3) is 0 Å². The summed E-state index contributed by atoms with van der Waals surface area (Å²) in [5, 5.41) is 3.06. The Bertz CT molecular complexity index is 581. The molecule has 112 valence electrons. The van der Waals surface area contributed by atoms with Crippen molar-refractivity contribution in [2.45, 2.75) is 23.5 Å². The second kappa shape index (κ2) is 6.95. The smallest absolute Gasteiger partial charge is 0.309 e. The molecule has 0 spiro atoms. The minimum absolute atomic E-state index is 0.138. The first-order valence-corrected chi connectivity index (χ1v) is 7.04. The standard InChI is InChI=1S/C15H13F4NS/c16-14-4-2-1-3-12(14)10-20-9-11-5-7-13(8-6-11)21-15(17,18)19/h1-8,20H,9-10H2. The summed E-state index contributed by atoms with van der Waals surface area (Å²) in [5.74, 6) is -0.276. The Labute approximate surface area is 124 Å². The van der Waals surface area contributed by atoms with E-state index in [9.17, 15) is 17.6 Å². The van der Waals surface area contributed by atoms with Crippen molar-refractivity contribution in [3.05, 3.63) is 65.5 Å². The molecule has 0 unspecified atom stereocenters. The lowest BCUT2D eigenvalue weighted by Crippen LogP contribution is -2.13.